The molecule has 3 nitrogen and oxygen atoms in total. The van der Waals surface area contributed by atoms with Crippen LogP contribution >= 0.6 is 0 Å². The molecular weight excluding hydrogens is 178 g/mol. The van der Waals surface area contributed by atoms with E-state index in [2.05, 4.69) is 10.1 Å². The second-order valence-electron chi connectivity index (χ2n) is 2.82. The number of rotatable bonds is 4. The van der Waals surface area contributed by atoms with Crippen molar-refractivity contribution < 1.29 is 9.53 Å². The van der Waals surface area contributed by atoms with Crippen molar-refractivity contribution in [2.45, 2.75) is 13.0 Å². The Bertz CT molecular complexity index is 285. The predicted octanol–water partition coefficient (Wildman–Crippen LogP) is 1.55. The minimum atomic E-state index is -0.726. The van der Waals surface area contributed by atoms with Crippen molar-refractivity contribution in [2.24, 2.45) is 0 Å². The molecule has 0 saturated carbocycles. The molecule has 1 unspecified atom stereocenters. The third-order valence-corrected chi connectivity index (χ3v) is 1.83. The van der Waals surface area contributed by atoms with Gasteiger partial charge in [-0.05, 0) is 12.5 Å². The molecule has 3 heteroatoms. The molecule has 1 aromatic rings. The van der Waals surface area contributed by atoms with Crippen LogP contribution in [0.15, 0.2) is 30.3 Å². The van der Waals surface area contributed by atoms with Gasteiger partial charge in [-0.15, -0.1) is 0 Å². The molecule has 1 aromatic carbocycles. The first-order chi connectivity index (χ1) is 6.79. The van der Waals surface area contributed by atoms with E-state index in [4.69, 9.17) is 7.11 Å². The monoisotopic (exact) mass is 191 g/mol. The Balaban J connectivity index is 2.77. The molecule has 14 heavy (non-hydrogen) atoms. The maximum absolute atomic E-state index is 11.5. The molecule has 1 atom stereocenters. The molecule has 1 amide bonds. The first-order valence-electron chi connectivity index (χ1n) is 4.47. The molecule has 1 N–H and O–H groups in total. The summed E-state index contributed by atoms with van der Waals surface area (Å²) in [6.07, 6.45) is -0.726. The van der Waals surface area contributed by atoms with Gasteiger partial charge in [0.15, 0.2) is 6.10 Å². The van der Waals surface area contributed by atoms with Crippen molar-refractivity contribution in [1.82, 2.24) is 5.32 Å². The molecule has 0 heterocycles. The Morgan fingerprint density at radius 1 is 1.50 bits per heavy atom. The Morgan fingerprint density at radius 2 is 2.14 bits per heavy atom. The fourth-order valence-corrected chi connectivity index (χ4v) is 1.19. The number of nitrogens with one attached hydrogen (secondary N) is 1. The van der Waals surface area contributed by atoms with Gasteiger partial charge in [0.2, 0.25) is 0 Å². The summed E-state index contributed by atoms with van der Waals surface area (Å²) in [5.41, 5.74) is 0.751. The lowest BCUT2D eigenvalue weighted by molar-refractivity contribution is -0.130. The smallest absolute Gasteiger partial charge is 0.253 e. The van der Waals surface area contributed by atoms with E-state index in [1.54, 1.807) is 12.1 Å². The fraction of sp³-hybridized carbons (Fsp3) is 0.273. The highest BCUT2D eigenvalue weighted by Crippen LogP contribution is 2.16. The third-order valence-electron chi connectivity index (χ3n) is 1.83. The van der Waals surface area contributed by atoms with E-state index in [9.17, 15) is 4.79 Å². The third kappa shape index (κ3) is 2.57. The summed E-state index contributed by atoms with van der Waals surface area (Å²) < 4.78 is 4.64. The quantitative estimate of drug-likeness (QED) is 0.784. The van der Waals surface area contributed by atoms with Crippen LogP contribution < -0.4 is 5.32 Å². The summed E-state index contributed by atoms with van der Waals surface area (Å²) in [5.74, 6) is -0.221. The van der Waals surface area contributed by atoms with Gasteiger partial charge in [0.1, 0.15) is 7.11 Å². The summed E-state index contributed by atoms with van der Waals surface area (Å²) >= 11 is 0. The van der Waals surface area contributed by atoms with Crippen LogP contribution in [0.5, 0.6) is 0 Å². The van der Waals surface area contributed by atoms with Crippen LogP contribution in [0.4, 0.5) is 0 Å². The van der Waals surface area contributed by atoms with Crippen LogP contribution in [0.1, 0.15) is 18.6 Å². The number of carbonyl (C=O) groups is 1. The molecule has 74 valence electrons. The Morgan fingerprint density at radius 3 is 2.64 bits per heavy atom. The van der Waals surface area contributed by atoms with Gasteiger partial charge in [-0.1, -0.05) is 30.3 Å². The van der Waals surface area contributed by atoms with Crippen LogP contribution in [-0.4, -0.2) is 12.5 Å². The average molecular weight is 191 g/mol. The first kappa shape index (κ1) is 10.7. The molecule has 0 aromatic heterocycles. The lowest BCUT2D eigenvalue weighted by Crippen LogP contribution is -2.29. The van der Waals surface area contributed by atoms with Crippen molar-refractivity contribution in [2.75, 3.05) is 6.54 Å². The largest absolute Gasteiger partial charge is 0.355 e. The molecule has 0 spiro atoms. The van der Waals surface area contributed by atoms with E-state index < -0.39 is 6.10 Å². The van der Waals surface area contributed by atoms with Crippen molar-refractivity contribution in [3.63, 3.8) is 0 Å². The number of hydrogen-bond donors (Lipinski definition) is 1. The molecule has 0 aliphatic carbocycles. The maximum Gasteiger partial charge on any atom is 0.253 e. The van der Waals surface area contributed by atoms with Gasteiger partial charge in [-0.3, -0.25) is 4.79 Å². The van der Waals surface area contributed by atoms with Crippen LogP contribution in [0, 0.1) is 7.11 Å². The van der Waals surface area contributed by atoms with E-state index in [-0.39, 0.29) is 5.91 Å². The second-order valence-corrected chi connectivity index (χ2v) is 2.82. The van der Waals surface area contributed by atoms with Crippen LogP contribution in [-0.2, 0) is 9.53 Å². The Hall–Kier alpha value is -1.35. The normalized spacial score (nSPS) is 12.1. The van der Waals surface area contributed by atoms with Gasteiger partial charge < -0.3 is 10.1 Å². The molecule has 0 fully saturated rings. The molecule has 0 aliphatic rings. The summed E-state index contributed by atoms with van der Waals surface area (Å²) in [7, 11) is 5.08. The molecule has 1 rings (SSSR count). The van der Waals surface area contributed by atoms with Crippen molar-refractivity contribution in [1.29, 1.82) is 0 Å². The van der Waals surface area contributed by atoms with Crippen molar-refractivity contribution >= 4 is 5.91 Å². The summed E-state index contributed by atoms with van der Waals surface area (Å²) in [6, 6.07) is 9.13. The summed E-state index contributed by atoms with van der Waals surface area (Å²) in [5, 5.41) is 2.65. The standard InChI is InChI=1S/C11H13NO2/c1-3-12-11(13)10(14-2)9-7-5-4-6-8-9/h2,4-8,10H,3H2,1H3,(H,12,13). The highest BCUT2D eigenvalue weighted by Gasteiger charge is 2.18. The van der Waals surface area contributed by atoms with Gasteiger partial charge in [-0.25, -0.2) is 0 Å². The summed E-state index contributed by atoms with van der Waals surface area (Å²) in [4.78, 5) is 11.5. The van der Waals surface area contributed by atoms with E-state index in [0.717, 1.165) is 5.56 Å². The van der Waals surface area contributed by atoms with Gasteiger partial charge in [0.05, 0.1) is 0 Å². The SMILES string of the molecule is [CH]OC(C(=O)NCC)c1ccccc1. The Labute approximate surface area is 84.1 Å². The van der Waals surface area contributed by atoms with E-state index in [1.165, 1.54) is 0 Å². The molecule has 2 radical (unpaired) electrons. The van der Waals surface area contributed by atoms with Gasteiger partial charge in [-0.2, -0.15) is 0 Å². The number of ether oxygens (including phenoxy) is 1. The topological polar surface area (TPSA) is 38.3 Å². The molecular formula is C11H13NO2. The maximum atomic E-state index is 11.5. The van der Waals surface area contributed by atoms with Gasteiger partial charge in [0.25, 0.3) is 5.91 Å². The number of amides is 1. The number of hydrogen-bond acceptors (Lipinski definition) is 2. The Kier molecular flexibility index (Phi) is 4.13. The molecule has 0 saturated heterocycles. The highest BCUT2D eigenvalue weighted by molar-refractivity contribution is 5.82. The van der Waals surface area contributed by atoms with Crippen molar-refractivity contribution in [3.8, 4) is 0 Å². The van der Waals surface area contributed by atoms with Gasteiger partial charge >= 0.3 is 0 Å². The van der Waals surface area contributed by atoms with E-state index >= 15 is 0 Å². The highest BCUT2D eigenvalue weighted by atomic mass is 16.5. The zero-order valence-electron chi connectivity index (χ0n) is 8.07. The second kappa shape index (κ2) is 5.40. The van der Waals surface area contributed by atoms with Crippen LogP contribution in [0.2, 0.25) is 0 Å². The summed E-state index contributed by atoms with van der Waals surface area (Å²) in [6.45, 7) is 2.40. The lowest BCUT2D eigenvalue weighted by Gasteiger charge is -2.14. The molecule has 0 bridgehead atoms. The zero-order valence-corrected chi connectivity index (χ0v) is 8.07. The zero-order chi connectivity index (χ0) is 10.4. The molecule has 0 aliphatic heterocycles. The minimum absolute atomic E-state index is 0.221. The van der Waals surface area contributed by atoms with E-state index in [0.29, 0.717) is 6.54 Å². The van der Waals surface area contributed by atoms with Crippen molar-refractivity contribution in [3.05, 3.63) is 43.0 Å². The number of carbonyl (C=O) groups excluding carboxylic acids is 1. The average Bonchev–Trinajstić information content (AvgIpc) is 2.21. The minimum Gasteiger partial charge on any atom is -0.355 e. The fourth-order valence-electron chi connectivity index (χ4n) is 1.19. The van der Waals surface area contributed by atoms with Gasteiger partial charge in [0, 0.05) is 6.54 Å². The van der Waals surface area contributed by atoms with E-state index in [1.807, 2.05) is 25.1 Å². The predicted molar refractivity (Wildman–Crippen MR) is 53.3 cm³/mol. The first-order valence-corrected chi connectivity index (χ1v) is 4.47. The number of benzene rings is 1. The lowest BCUT2D eigenvalue weighted by atomic mass is 10.1. The number of likely N-dealkylation sites (N-methyl/N-ethyl adjacent to an activating group) is 1. The van der Waals surface area contributed by atoms with Crippen LogP contribution in [0.3, 0.4) is 0 Å². The van der Waals surface area contributed by atoms with Crippen LogP contribution in [0.25, 0.3) is 0 Å².